The third kappa shape index (κ3) is 5.54. The van der Waals surface area contributed by atoms with Gasteiger partial charge in [0.15, 0.2) is 0 Å². The molecule has 0 atom stereocenters. The molecule has 0 aliphatic carbocycles. The number of carbonyl (C=O) groups is 1. The number of rotatable bonds is 8. The fourth-order valence-corrected chi connectivity index (χ4v) is 4.20. The predicted octanol–water partition coefficient (Wildman–Crippen LogP) is 4.25. The number of nitrogens with zero attached hydrogens (tertiary/aromatic N) is 1. The minimum Gasteiger partial charge on any atom is -0.492 e. The molecule has 0 aromatic heterocycles. The SMILES string of the molecule is CN(c1ccc(F)cc1)S(=O)(=O)c1ccc(Cl)c(C(=O)NCCOc2cccc(F)c2)c1. The van der Waals surface area contributed by atoms with Crippen molar-refractivity contribution in [1.82, 2.24) is 5.32 Å². The van der Waals surface area contributed by atoms with Gasteiger partial charge in [-0.25, -0.2) is 17.2 Å². The van der Waals surface area contributed by atoms with Crippen LogP contribution in [0.15, 0.2) is 71.6 Å². The molecule has 1 amide bonds. The average molecular weight is 481 g/mol. The van der Waals surface area contributed by atoms with Gasteiger partial charge in [-0.3, -0.25) is 9.10 Å². The fourth-order valence-electron chi connectivity index (χ4n) is 2.77. The summed E-state index contributed by atoms with van der Waals surface area (Å²) in [5, 5.41) is 2.64. The summed E-state index contributed by atoms with van der Waals surface area (Å²) in [4.78, 5) is 12.4. The molecular weight excluding hydrogens is 462 g/mol. The molecule has 32 heavy (non-hydrogen) atoms. The summed E-state index contributed by atoms with van der Waals surface area (Å²) in [5.41, 5.74) is 0.216. The Hall–Kier alpha value is -3.17. The number of carbonyl (C=O) groups excluding carboxylic acids is 1. The second-order valence-corrected chi connectivity index (χ2v) is 9.03. The highest BCUT2D eigenvalue weighted by Crippen LogP contribution is 2.26. The number of hydrogen-bond donors (Lipinski definition) is 1. The Morgan fingerprint density at radius 3 is 2.44 bits per heavy atom. The maximum absolute atomic E-state index is 13.2. The van der Waals surface area contributed by atoms with E-state index < -0.39 is 27.6 Å². The molecule has 3 aromatic carbocycles. The second kappa shape index (κ2) is 9.97. The summed E-state index contributed by atoms with van der Waals surface area (Å²) in [6.45, 7) is 0.149. The van der Waals surface area contributed by atoms with Crippen molar-refractivity contribution in [3.63, 3.8) is 0 Å². The lowest BCUT2D eigenvalue weighted by Gasteiger charge is -2.20. The minimum absolute atomic E-state index is 0.0361. The Balaban J connectivity index is 1.70. The van der Waals surface area contributed by atoms with E-state index in [0.29, 0.717) is 5.75 Å². The normalized spacial score (nSPS) is 11.1. The highest BCUT2D eigenvalue weighted by atomic mass is 35.5. The molecule has 3 rings (SSSR count). The Bertz CT molecular complexity index is 1220. The first-order valence-corrected chi connectivity index (χ1v) is 11.2. The molecule has 0 spiro atoms. The van der Waals surface area contributed by atoms with Crippen molar-refractivity contribution in [1.29, 1.82) is 0 Å². The van der Waals surface area contributed by atoms with Gasteiger partial charge in [-0.1, -0.05) is 17.7 Å². The van der Waals surface area contributed by atoms with Gasteiger partial charge in [0.05, 0.1) is 27.7 Å². The maximum atomic E-state index is 13.2. The fraction of sp³-hybridized carbons (Fsp3) is 0.136. The standard InChI is InChI=1S/C22H19ClF2N2O4S/c1-27(17-7-5-15(24)6-8-17)32(29,30)19-9-10-21(23)20(14-19)22(28)26-11-12-31-18-4-2-3-16(25)13-18/h2-10,13-14H,11-12H2,1H3,(H,26,28). The van der Waals surface area contributed by atoms with Crippen LogP contribution in [0.5, 0.6) is 5.75 Å². The smallest absolute Gasteiger partial charge is 0.264 e. The lowest BCUT2D eigenvalue weighted by molar-refractivity contribution is 0.0947. The summed E-state index contributed by atoms with van der Waals surface area (Å²) in [6.07, 6.45) is 0. The highest BCUT2D eigenvalue weighted by Gasteiger charge is 2.24. The van der Waals surface area contributed by atoms with Gasteiger partial charge in [0.2, 0.25) is 0 Å². The summed E-state index contributed by atoms with van der Waals surface area (Å²) >= 11 is 6.10. The van der Waals surface area contributed by atoms with E-state index in [1.165, 1.54) is 55.6 Å². The molecule has 1 N–H and O–H groups in total. The van der Waals surface area contributed by atoms with Crippen LogP contribution in [0.1, 0.15) is 10.4 Å². The Morgan fingerprint density at radius 2 is 1.75 bits per heavy atom. The van der Waals surface area contributed by atoms with Crippen LogP contribution < -0.4 is 14.4 Å². The van der Waals surface area contributed by atoms with Crippen molar-refractivity contribution in [3.8, 4) is 5.75 Å². The molecule has 3 aromatic rings. The molecule has 0 saturated heterocycles. The van der Waals surface area contributed by atoms with Gasteiger partial charge in [0, 0.05) is 13.1 Å². The van der Waals surface area contributed by atoms with Gasteiger partial charge < -0.3 is 10.1 Å². The van der Waals surface area contributed by atoms with Crippen molar-refractivity contribution in [2.75, 3.05) is 24.5 Å². The number of anilines is 1. The van der Waals surface area contributed by atoms with E-state index >= 15 is 0 Å². The van der Waals surface area contributed by atoms with E-state index in [9.17, 15) is 22.0 Å². The van der Waals surface area contributed by atoms with Crippen LogP contribution in [-0.2, 0) is 10.0 Å². The number of ether oxygens (including phenoxy) is 1. The summed E-state index contributed by atoms with van der Waals surface area (Å²) in [6, 6.07) is 14.3. The molecule has 10 heteroatoms. The molecule has 0 radical (unpaired) electrons. The van der Waals surface area contributed by atoms with Crippen molar-refractivity contribution in [2.45, 2.75) is 4.90 Å². The quantitative estimate of drug-likeness (QED) is 0.489. The first kappa shape index (κ1) is 23.5. The number of sulfonamides is 1. The van der Waals surface area contributed by atoms with Crippen molar-refractivity contribution in [3.05, 3.63) is 89.0 Å². The molecule has 168 valence electrons. The Labute approximate surface area is 189 Å². The van der Waals surface area contributed by atoms with Gasteiger partial charge in [0.25, 0.3) is 15.9 Å². The molecule has 0 aliphatic heterocycles. The van der Waals surface area contributed by atoms with E-state index in [-0.39, 0.29) is 34.3 Å². The van der Waals surface area contributed by atoms with Crippen molar-refractivity contribution < 1.29 is 26.7 Å². The summed E-state index contributed by atoms with van der Waals surface area (Å²) < 4.78 is 58.5. The lowest BCUT2D eigenvalue weighted by Crippen LogP contribution is -2.29. The van der Waals surface area contributed by atoms with Gasteiger partial charge in [-0.15, -0.1) is 0 Å². The molecule has 0 aliphatic rings. The van der Waals surface area contributed by atoms with Crippen LogP contribution in [0.4, 0.5) is 14.5 Å². The second-order valence-electron chi connectivity index (χ2n) is 6.65. The highest BCUT2D eigenvalue weighted by molar-refractivity contribution is 7.92. The summed E-state index contributed by atoms with van der Waals surface area (Å²) in [7, 11) is -2.71. The molecule has 0 unspecified atom stereocenters. The minimum atomic E-state index is -4.03. The van der Waals surface area contributed by atoms with Gasteiger partial charge in [-0.2, -0.15) is 0 Å². The Morgan fingerprint density at radius 1 is 1.03 bits per heavy atom. The lowest BCUT2D eigenvalue weighted by atomic mass is 10.2. The van der Waals surface area contributed by atoms with Crippen LogP contribution in [-0.4, -0.2) is 34.5 Å². The van der Waals surface area contributed by atoms with E-state index in [1.54, 1.807) is 6.07 Å². The van der Waals surface area contributed by atoms with E-state index in [0.717, 1.165) is 16.4 Å². The average Bonchev–Trinajstić information content (AvgIpc) is 2.77. The van der Waals surface area contributed by atoms with E-state index in [2.05, 4.69) is 5.32 Å². The zero-order valence-corrected chi connectivity index (χ0v) is 18.5. The molecule has 6 nitrogen and oxygen atoms in total. The zero-order valence-electron chi connectivity index (χ0n) is 16.9. The van der Waals surface area contributed by atoms with Crippen molar-refractivity contribution >= 4 is 33.2 Å². The monoisotopic (exact) mass is 480 g/mol. The van der Waals surface area contributed by atoms with Crippen LogP contribution in [0.2, 0.25) is 5.02 Å². The number of hydrogen-bond acceptors (Lipinski definition) is 4. The van der Waals surface area contributed by atoms with E-state index in [1.807, 2.05) is 0 Å². The number of benzene rings is 3. The van der Waals surface area contributed by atoms with Crippen LogP contribution in [0.25, 0.3) is 0 Å². The number of halogens is 3. The predicted molar refractivity (Wildman–Crippen MR) is 118 cm³/mol. The van der Waals surface area contributed by atoms with Crippen molar-refractivity contribution in [2.24, 2.45) is 0 Å². The third-order valence-corrected chi connectivity index (χ3v) is 6.59. The number of nitrogens with one attached hydrogen (secondary N) is 1. The Kier molecular flexibility index (Phi) is 7.32. The number of amides is 1. The van der Waals surface area contributed by atoms with Gasteiger partial charge in [0.1, 0.15) is 24.0 Å². The van der Waals surface area contributed by atoms with Gasteiger partial charge >= 0.3 is 0 Å². The third-order valence-electron chi connectivity index (χ3n) is 4.48. The maximum Gasteiger partial charge on any atom is 0.264 e. The molecule has 0 saturated carbocycles. The van der Waals surface area contributed by atoms with Gasteiger partial charge in [-0.05, 0) is 54.6 Å². The van der Waals surface area contributed by atoms with Crippen LogP contribution in [0, 0.1) is 11.6 Å². The summed E-state index contributed by atoms with van der Waals surface area (Å²) in [5.74, 6) is -1.22. The zero-order chi connectivity index (χ0) is 23.3. The topological polar surface area (TPSA) is 75.7 Å². The van der Waals surface area contributed by atoms with Crippen LogP contribution >= 0.6 is 11.6 Å². The molecule has 0 heterocycles. The molecular formula is C22H19ClF2N2O4S. The molecule has 0 bridgehead atoms. The first-order chi connectivity index (χ1) is 15.2. The largest absolute Gasteiger partial charge is 0.492 e. The first-order valence-electron chi connectivity index (χ1n) is 9.39. The molecule has 0 fully saturated rings. The van der Waals surface area contributed by atoms with E-state index in [4.69, 9.17) is 16.3 Å². The van der Waals surface area contributed by atoms with Crippen LogP contribution in [0.3, 0.4) is 0 Å².